The number of aliphatic hydroxyl groups is 1. The number of phosphoric acid groups is 1. The minimum Gasteiger partial charge on any atom is -0.387 e. The van der Waals surface area contributed by atoms with Gasteiger partial charge >= 0.3 is 7.82 Å². The second-order valence-corrected chi connectivity index (χ2v) is 27.1. The first-order valence-corrected chi connectivity index (χ1v) is 36.7. The van der Waals surface area contributed by atoms with E-state index in [2.05, 4.69) is 31.3 Å². The fourth-order valence-electron chi connectivity index (χ4n) is 10.9. The van der Waals surface area contributed by atoms with Gasteiger partial charge in [-0.15, -0.1) is 0 Å². The van der Waals surface area contributed by atoms with Gasteiger partial charge in [0.05, 0.1) is 39.9 Å². The molecule has 0 aromatic carbocycles. The number of likely N-dealkylation sites (N-methyl/N-ethyl adjacent to an activating group) is 1. The topological polar surface area (TPSA) is 105 Å². The van der Waals surface area contributed by atoms with Gasteiger partial charge in [-0.2, -0.15) is 0 Å². The Morgan fingerprint density at radius 3 is 1.01 bits per heavy atom. The lowest BCUT2D eigenvalue weighted by molar-refractivity contribution is -0.870. The van der Waals surface area contributed by atoms with Crippen molar-refractivity contribution in [2.45, 2.75) is 379 Å². The first-order valence-electron chi connectivity index (χ1n) is 35.2. The monoisotopic (exact) mass is 1140 g/mol. The molecule has 0 rings (SSSR count). The molecule has 0 aromatic rings. The van der Waals surface area contributed by atoms with Gasteiger partial charge in [0.2, 0.25) is 5.91 Å². The summed E-state index contributed by atoms with van der Waals surface area (Å²) in [6, 6.07) is -0.861. The van der Waals surface area contributed by atoms with Gasteiger partial charge in [0.25, 0.3) is 0 Å². The Balaban J connectivity index is 3.87. The Morgan fingerprint density at radius 2 is 0.696 bits per heavy atom. The van der Waals surface area contributed by atoms with E-state index in [0.29, 0.717) is 17.4 Å². The van der Waals surface area contributed by atoms with Gasteiger partial charge in [-0.05, 0) is 32.1 Å². The third-order valence-electron chi connectivity index (χ3n) is 16.4. The molecule has 0 saturated carbocycles. The maximum absolute atomic E-state index is 13.0. The number of hydrogen-bond acceptors (Lipinski definition) is 5. The third-order valence-corrected chi connectivity index (χ3v) is 17.4. The molecular formula is C70H140N2O6P+. The Hall–Kier alpha value is -1.02. The van der Waals surface area contributed by atoms with Crippen LogP contribution in [-0.4, -0.2) is 73.4 Å². The van der Waals surface area contributed by atoms with E-state index < -0.39 is 20.0 Å². The smallest absolute Gasteiger partial charge is 0.387 e. The lowest BCUT2D eigenvalue weighted by Crippen LogP contribution is -2.45. The standard InChI is InChI=1S/C70H139N2O6P/c1-6-8-10-12-14-16-18-20-22-24-25-26-27-28-29-30-31-32-33-34-35-36-37-38-39-40-41-42-43-44-45-46-48-50-52-54-56-58-60-62-64-70(74)71-68(67-78-79(75,76)77-66-65-72(3,4)5)69(73)63-61-59-57-55-53-51-49-47-23-21-19-17-15-13-11-9-7-2/h53,55,61,63,68-69,73H,6-52,54,56-60,62,64-67H2,1-5H3,(H-,71,74,75,76)/p+1/b55-53+,63-61+. The number of carbonyl (C=O) groups excluding carboxylic acids is 1. The van der Waals surface area contributed by atoms with E-state index >= 15 is 0 Å². The van der Waals surface area contributed by atoms with E-state index in [1.54, 1.807) is 6.08 Å². The molecule has 0 heterocycles. The van der Waals surface area contributed by atoms with Crippen molar-refractivity contribution in [2.75, 3.05) is 40.9 Å². The van der Waals surface area contributed by atoms with E-state index in [4.69, 9.17) is 9.05 Å². The van der Waals surface area contributed by atoms with Crippen LogP contribution in [0.4, 0.5) is 0 Å². The van der Waals surface area contributed by atoms with Crippen LogP contribution in [-0.2, 0) is 18.4 Å². The average Bonchev–Trinajstić information content (AvgIpc) is 3.42. The van der Waals surface area contributed by atoms with Gasteiger partial charge in [0, 0.05) is 6.42 Å². The Morgan fingerprint density at radius 1 is 0.418 bits per heavy atom. The predicted molar refractivity (Wildman–Crippen MR) is 346 cm³/mol. The molecule has 3 atom stereocenters. The Labute approximate surface area is 494 Å². The molecule has 1 amide bonds. The third kappa shape index (κ3) is 64.4. The second-order valence-electron chi connectivity index (χ2n) is 25.6. The maximum atomic E-state index is 13.0. The highest BCUT2D eigenvalue weighted by molar-refractivity contribution is 7.47. The summed E-state index contributed by atoms with van der Waals surface area (Å²) >= 11 is 0. The molecule has 0 spiro atoms. The van der Waals surface area contributed by atoms with E-state index in [-0.39, 0.29) is 19.1 Å². The predicted octanol–water partition coefficient (Wildman–Crippen LogP) is 22.3. The summed E-state index contributed by atoms with van der Waals surface area (Å²) in [7, 11) is 1.57. The summed E-state index contributed by atoms with van der Waals surface area (Å²) < 4.78 is 23.7. The average molecular weight is 1140 g/mol. The van der Waals surface area contributed by atoms with Crippen molar-refractivity contribution in [3.63, 3.8) is 0 Å². The van der Waals surface area contributed by atoms with Crippen molar-refractivity contribution in [3.05, 3.63) is 24.3 Å². The highest BCUT2D eigenvalue weighted by Crippen LogP contribution is 2.43. The van der Waals surface area contributed by atoms with Crippen molar-refractivity contribution in [2.24, 2.45) is 0 Å². The van der Waals surface area contributed by atoms with Crippen LogP contribution in [0.3, 0.4) is 0 Å². The zero-order valence-electron chi connectivity index (χ0n) is 53.9. The van der Waals surface area contributed by atoms with Crippen molar-refractivity contribution in [3.8, 4) is 0 Å². The number of allylic oxidation sites excluding steroid dienone is 3. The first kappa shape index (κ1) is 78.0. The van der Waals surface area contributed by atoms with Crippen LogP contribution in [0.1, 0.15) is 367 Å². The molecule has 0 aliphatic carbocycles. The van der Waals surface area contributed by atoms with Crippen LogP contribution in [0.15, 0.2) is 24.3 Å². The van der Waals surface area contributed by atoms with E-state index in [1.807, 2.05) is 27.2 Å². The molecule has 0 aliphatic heterocycles. The van der Waals surface area contributed by atoms with Crippen molar-refractivity contribution in [1.82, 2.24) is 5.32 Å². The normalized spacial score (nSPS) is 13.8. The lowest BCUT2D eigenvalue weighted by atomic mass is 10.0. The van der Waals surface area contributed by atoms with Crippen molar-refractivity contribution in [1.29, 1.82) is 0 Å². The zero-order valence-corrected chi connectivity index (χ0v) is 54.8. The number of carbonyl (C=O) groups is 1. The number of nitrogens with one attached hydrogen (secondary N) is 1. The maximum Gasteiger partial charge on any atom is 0.472 e. The quantitative estimate of drug-likeness (QED) is 0.0243. The number of hydrogen-bond donors (Lipinski definition) is 3. The molecule has 3 N–H and O–H groups in total. The highest BCUT2D eigenvalue weighted by atomic mass is 31.2. The van der Waals surface area contributed by atoms with Gasteiger partial charge in [0.1, 0.15) is 13.2 Å². The summed E-state index contributed by atoms with van der Waals surface area (Å²) in [6.45, 7) is 4.85. The molecule has 0 bridgehead atoms. The summed E-state index contributed by atoms with van der Waals surface area (Å²) in [4.78, 5) is 23.4. The van der Waals surface area contributed by atoms with Crippen LogP contribution >= 0.6 is 7.82 Å². The molecule has 0 aliphatic rings. The van der Waals surface area contributed by atoms with E-state index in [9.17, 15) is 19.4 Å². The minimum atomic E-state index is -4.35. The zero-order chi connectivity index (χ0) is 57.7. The van der Waals surface area contributed by atoms with Crippen LogP contribution < -0.4 is 5.32 Å². The number of amides is 1. The van der Waals surface area contributed by atoms with Crippen molar-refractivity contribution >= 4 is 13.7 Å². The minimum absolute atomic E-state index is 0.0589. The number of quaternary nitrogens is 1. The van der Waals surface area contributed by atoms with E-state index in [1.165, 1.54) is 308 Å². The number of rotatable bonds is 66. The second kappa shape index (κ2) is 61.5. The summed E-state index contributed by atoms with van der Waals surface area (Å²) in [5.74, 6) is -0.179. The van der Waals surface area contributed by atoms with Gasteiger partial charge in [-0.1, -0.05) is 353 Å². The number of aliphatic hydroxyl groups excluding tert-OH is 1. The van der Waals surface area contributed by atoms with Gasteiger partial charge < -0.3 is 19.8 Å². The SMILES string of the molecule is CCCCCCCCCCCCC/C=C/CC/C=C/C(O)C(COP(=O)(O)OCC[N+](C)(C)C)NC(=O)CCCCCCCCCCCCCCCCCCCCCCCCCCCCCCCCCCCCCCCCCC. The Kier molecular flexibility index (Phi) is 60.7. The molecular weight excluding hydrogens is 996 g/mol. The van der Waals surface area contributed by atoms with Crippen LogP contribution in [0, 0.1) is 0 Å². The first-order chi connectivity index (χ1) is 38.5. The largest absolute Gasteiger partial charge is 0.472 e. The van der Waals surface area contributed by atoms with Gasteiger partial charge in [0.15, 0.2) is 0 Å². The molecule has 9 heteroatoms. The molecule has 470 valence electrons. The Bertz CT molecular complexity index is 1340. The molecule has 0 radical (unpaired) electrons. The fourth-order valence-corrected chi connectivity index (χ4v) is 11.7. The molecule has 0 aromatic heterocycles. The summed E-state index contributed by atoms with van der Waals surface area (Å²) in [6.07, 6.45) is 80.7. The number of nitrogens with zero attached hydrogens (tertiary/aromatic N) is 1. The van der Waals surface area contributed by atoms with Gasteiger partial charge in [-0.3, -0.25) is 13.8 Å². The number of phosphoric ester groups is 1. The van der Waals surface area contributed by atoms with Crippen LogP contribution in [0.25, 0.3) is 0 Å². The summed E-state index contributed by atoms with van der Waals surface area (Å²) in [5.41, 5.74) is 0. The van der Waals surface area contributed by atoms with E-state index in [0.717, 1.165) is 38.5 Å². The summed E-state index contributed by atoms with van der Waals surface area (Å²) in [5, 5.41) is 13.9. The molecule has 8 nitrogen and oxygen atoms in total. The molecule has 0 fully saturated rings. The fraction of sp³-hybridized carbons (Fsp3) is 0.929. The van der Waals surface area contributed by atoms with Crippen LogP contribution in [0.5, 0.6) is 0 Å². The van der Waals surface area contributed by atoms with Gasteiger partial charge in [-0.25, -0.2) is 4.57 Å². The number of unbranched alkanes of at least 4 members (excludes halogenated alkanes) is 51. The molecule has 79 heavy (non-hydrogen) atoms. The lowest BCUT2D eigenvalue weighted by Gasteiger charge is -2.25. The molecule has 3 unspecified atom stereocenters. The highest BCUT2D eigenvalue weighted by Gasteiger charge is 2.28. The molecule has 0 saturated heterocycles. The van der Waals surface area contributed by atoms with Crippen molar-refractivity contribution < 1.29 is 32.9 Å². The van der Waals surface area contributed by atoms with Crippen LogP contribution in [0.2, 0.25) is 0 Å².